The number of methoxy groups -OCH3 is 1. The Balaban J connectivity index is 2.55. The van der Waals surface area contributed by atoms with Gasteiger partial charge in [-0.1, -0.05) is 0 Å². The maximum absolute atomic E-state index is 11.7. The molecule has 0 aromatic carbocycles. The lowest BCUT2D eigenvalue weighted by Crippen LogP contribution is -2.47. The fraction of sp³-hybridized carbons (Fsp3) is 0.667. The fourth-order valence-electron chi connectivity index (χ4n) is 1.21. The van der Waals surface area contributed by atoms with Gasteiger partial charge in [-0.25, -0.2) is 15.0 Å². The van der Waals surface area contributed by atoms with E-state index in [1.54, 1.807) is 6.92 Å². The molecule has 1 fully saturated rings. The molecule has 1 aliphatic heterocycles. The SMILES string of the molecule is CCOC(=O)C1OC1C(=O)N(NC)C(=O)OC. The predicted molar refractivity (Wildman–Crippen MR) is 53.6 cm³/mol. The number of imide groups is 1. The van der Waals surface area contributed by atoms with Gasteiger partial charge < -0.3 is 14.2 Å². The van der Waals surface area contributed by atoms with Crippen molar-refractivity contribution in [3.63, 3.8) is 0 Å². The molecule has 8 heteroatoms. The highest BCUT2D eigenvalue weighted by atomic mass is 16.6. The minimum absolute atomic E-state index is 0.201. The van der Waals surface area contributed by atoms with E-state index in [2.05, 4.69) is 14.9 Å². The van der Waals surface area contributed by atoms with Crippen LogP contribution in [0.4, 0.5) is 4.79 Å². The zero-order valence-corrected chi connectivity index (χ0v) is 9.76. The van der Waals surface area contributed by atoms with Crippen LogP contribution in [0, 0.1) is 0 Å². The van der Waals surface area contributed by atoms with Crippen molar-refractivity contribution in [1.82, 2.24) is 10.4 Å². The Morgan fingerprint density at radius 2 is 2.00 bits per heavy atom. The molecule has 96 valence electrons. The summed E-state index contributed by atoms with van der Waals surface area (Å²) in [5, 5.41) is 0.629. The molecule has 0 saturated carbocycles. The number of rotatable bonds is 4. The van der Waals surface area contributed by atoms with Crippen molar-refractivity contribution in [3.05, 3.63) is 0 Å². The molecule has 1 saturated heterocycles. The number of carbonyl (C=O) groups excluding carboxylic acids is 3. The van der Waals surface area contributed by atoms with Crippen molar-refractivity contribution >= 4 is 18.0 Å². The molecule has 0 spiro atoms. The summed E-state index contributed by atoms with van der Waals surface area (Å²) in [4.78, 5) is 34.1. The van der Waals surface area contributed by atoms with E-state index in [4.69, 9.17) is 4.74 Å². The maximum atomic E-state index is 11.7. The highest BCUT2D eigenvalue weighted by molar-refractivity contribution is 5.99. The van der Waals surface area contributed by atoms with E-state index in [-0.39, 0.29) is 6.61 Å². The first-order valence-corrected chi connectivity index (χ1v) is 4.98. The fourth-order valence-corrected chi connectivity index (χ4v) is 1.21. The average Bonchev–Trinajstić information content (AvgIpc) is 3.09. The molecule has 2 amide bonds. The second-order valence-electron chi connectivity index (χ2n) is 3.10. The second kappa shape index (κ2) is 5.60. The Labute approximate surface area is 97.8 Å². The molecule has 2 unspecified atom stereocenters. The Morgan fingerprint density at radius 3 is 2.47 bits per heavy atom. The number of hydrazine groups is 1. The molecule has 1 heterocycles. The normalized spacial score (nSPS) is 21.6. The van der Waals surface area contributed by atoms with Crippen LogP contribution in [0.1, 0.15) is 6.92 Å². The topological polar surface area (TPSA) is 97.5 Å². The van der Waals surface area contributed by atoms with Gasteiger partial charge in [-0.15, -0.1) is 0 Å². The van der Waals surface area contributed by atoms with Crippen molar-refractivity contribution in [2.75, 3.05) is 20.8 Å². The number of amides is 2. The first-order chi connectivity index (χ1) is 8.06. The van der Waals surface area contributed by atoms with Gasteiger partial charge in [0, 0.05) is 7.05 Å². The highest BCUT2D eigenvalue weighted by Gasteiger charge is 2.54. The highest BCUT2D eigenvalue weighted by Crippen LogP contribution is 2.25. The van der Waals surface area contributed by atoms with Crippen LogP contribution in [-0.4, -0.2) is 56.0 Å². The molecule has 17 heavy (non-hydrogen) atoms. The summed E-state index contributed by atoms with van der Waals surface area (Å²) >= 11 is 0. The number of hydrogen-bond donors (Lipinski definition) is 1. The molecule has 0 aliphatic carbocycles. The van der Waals surface area contributed by atoms with Gasteiger partial charge in [0.25, 0.3) is 5.91 Å². The zero-order chi connectivity index (χ0) is 13.0. The number of epoxide rings is 1. The summed E-state index contributed by atoms with van der Waals surface area (Å²) in [5.74, 6) is -1.32. The molecular weight excluding hydrogens is 232 g/mol. The van der Waals surface area contributed by atoms with Crippen molar-refractivity contribution in [2.24, 2.45) is 0 Å². The number of nitrogens with zero attached hydrogens (tertiary/aromatic N) is 1. The third-order valence-electron chi connectivity index (χ3n) is 2.06. The first kappa shape index (κ1) is 13.4. The van der Waals surface area contributed by atoms with Crippen LogP contribution in [-0.2, 0) is 23.8 Å². The lowest BCUT2D eigenvalue weighted by Gasteiger charge is -2.16. The first-order valence-electron chi connectivity index (χ1n) is 4.98. The Morgan fingerprint density at radius 1 is 1.35 bits per heavy atom. The molecule has 0 aromatic heterocycles. The van der Waals surface area contributed by atoms with Crippen molar-refractivity contribution in [1.29, 1.82) is 0 Å². The molecule has 0 aromatic rings. The van der Waals surface area contributed by atoms with Gasteiger partial charge in [-0.2, -0.15) is 5.01 Å². The Kier molecular flexibility index (Phi) is 4.41. The Hall–Kier alpha value is -1.67. The smallest absolute Gasteiger partial charge is 0.431 e. The molecule has 1 rings (SSSR count). The van der Waals surface area contributed by atoms with Crippen LogP contribution in [0.5, 0.6) is 0 Å². The third-order valence-corrected chi connectivity index (χ3v) is 2.06. The van der Waals surface area contributed by atoms with Crippen LogP contribution < -0.4 is 5.43 Å². The zero-order valence-electron chi connectivity index (χ0n) is 9.76. The van der Waals surface area contributed by atoms with E-state index in [0.717, 1.165) is 7.11 Å². The van der Waals surface area contributed by atoms with E-state index in [0.29, 0.717) is 5.01 Å². The largest absolute Gasteiger partial charge is 0.464 e. The minimum atomic E-state index is -0.999. The molecule has 8 nitrogen and oxygen atoms in total. The standard InChI is InChI=1S/C9H14N2O6/c1-4-16-8(13)6-5(17-6)7(12)11(10-2)9(14)15-3/h5-6,10H,4H2,1-3H3. The molecule has 0 bridgehead atoms. The van der Waals surface area contributed by atoms with Crippen LogP contribution in [0.15, 0.2) is 0 Å². The van der Waals surface area contributed by atoms with Crippen LogP contribution in [0.25, 0.3) is 0 Å². The lowest BCUT2D eigenvalue weighted by atomic mass is 10.3. The maximum Gasteiger partial charge on any atom is 0.431 e. The van der Waals surface area contributed by atoms with Gasteiger partial charge in [0.1, 0.15) is 0 Å². The summed E-state index contributed by atoms with van der Waals surface area (Å²) in [5.41, 5.74) is 2.34. The summed E-state index contributed by atoms with van der Waals surface area (Å²) in [6, 6.07) is 0. The van der Waals surface area contributed by atoms with E-state index >= 15 is 0 Å². The van der Waals surface area contributed by atoms with Crippen molar-refractivity contribution in [3.8, 4) is 0 Å². The molecule has 2 atom stereocenters. The summed E-state index contributed by atoms with van der Waals surface area (Å²) in [7, 11) is 2.51. The molecule has 1 N–H and O–H groups in total. The monoisotopic (exact) mass is 246 g/mol. The molecule has 0 radical (unpaired) electrons. The van der Waals surface area contributed by atoms with Gasteiger partial charge in [-0.3, -0.25) is 4.79 Å². The van der Waals surface area contributed by atoms with Gasteiger partial charge >= 0.3 is 12.1 Å². The number of ether oxygens (including phenoxy) is 3. The van der Waals surface area contributed by atoms with E-state index in [9.17, 15) is 14.4 Å². The van der Waals surface area contributed by atoms with Crippen molar-refractivity contribution < 1.29 is 28.6 Å². The van der Waals surface area contributed by atoms with Crippen LogP contribution in [0.2, 0.25) is 0 Å². The van der Waals surface area contributed by atoms with Crippen LogP contribution in [0.3, 0.4) is 0 Å². The number of nitrogens with one attached hydrogen (secondary N) is 1. The molecular formula is C9H14N2O6. The lowest BCUT2D eigenvalue weighted by molar-refractivity contribution is -0.145. The molecule has 1 aliphatic rings. The summed E-state index contributed by atoms with van der Waals surface area (Å²) in [6.07, 6.45) is -2.82. The van der Waals surface area contributed by atoms with E-state index in [1.165, 1.54) is 7.05 Å². The van der Waals surface area contributed by atoms with E-state index < -0.39 is 30.2 Å². The average molecular weight is 246 g/mol. The third kappa shape index (κ3) is 2.92. The second-order valence-corrected chi connectivity index (χ2v) is 3.10. The van der Waals surface area contributed by atoms with Gasteiger partial charge in [0.2, 0.25) is 0 Å². The van der Waals surface area contributed by atoms with Gasteiger partial charge in [0.15, 0.2) is 12.2 Å². The van der Waals surface area contributed by atoms with Gasteiger partial charge in [-0.05, 0) is 6.92 Å². The minimum Gasteiger partial charge on any atom is -0.464 e. The summed E-state index contributed by atoms with van der Waals surface area (Å²) < 4.78 is 13.9. The summed E-state index contributed by atoms with van der Waals surface area (Å²) in [6.45, 7) is 1.85. The van der Waals surface area contributed by atoms with Gasteiger partial charge in [0.05, 0.1) is 13.7 Å². The number of hydrogen-bond acceptors (Lipinski definition) is 7. The quantitative estimate of drug-likeness (QED) is 0.388. The number of carbonyl (C=O) groups is 3. The Bertz CT molecular complexity index is 331. The van der Waals surface area contributed by atoms with Crippen LogP contribution >= 0.6 is 0 Å². The predicted octanol–water partition coefficient (Wildman–Crippen LogP) is -0.954. The van der Waals surface area contributed by atoms with Crippen molar-refractivity contribution in [2.45, 2.75) is 19.1 Å². The number of esters is 1. The van der Waals surface area contributed by atoms with E-state index in [1.807, 2.05) is 0 Å².